The molecule has 0 saturated carbocycles. The molecule has 16 heterocycles. The molecule has 117 heavy (non-hydrogen) atoms. The van der Waals surface area contributed by atoms with E-state index in [0.29, 0.717) is 60.3 Å². The summed E-state index contributed by atoms with van der Waals surface area (Å²) in [6, 6.07) is 31.4. The van der Waals surface area contributed by atoms with Crippen molar-refractivity contribution in [3.05, 3.63) is 170 Å². The Bertz CT molecular complexity index is 5360. The molecule has 0 radical (unpaired) electrons. The Hall–Kier alpha value is -7.75. The van der Waals surface area contributed by atoms with E-state index in [0.717, 1.165) is 149 Å². The first kappa shape index (κ1) is 81.6. The van der Waals surface area contributed by atoms with E-state index in [2.05, 4.69) is 225 Å². The Kier molecular flexibility index (Phi) is 22.8. The third-order valence-electron chi connectivity index (χ3n) is 27.8. The van der Waals surface area contributed by atoms with Crippen molar-refractivity contribution in [2.75, 3.05) is 78.5 Å². The number of fused-ring (bicyclic) bond motifs is 9. The molecule has 620 valence electrons. The molecule has 0 atom stereocenters. The highest BCUT2D eigenvalue weighted by molar-refractivity contribution is 7.19. The van der Waals surface area contributed by atoms with Gasteiger partial charge in [0.25, 0.3) is 5.56 Å². The first-order chi connectivity index (χ1) is 56.0. The van der Waals surface area contributed by atoms with Crippen LogP contribution in [0.2, 0.25) is 6.82 Å². The van der Waals surface area contributed by atoms with Gasteiger partial charge in [0.15, 0.2) is 0 Å². The summed E-state index contributed by atoms with van der Waals surface area (Å²) in [5.41, 5.74) is 17.1. The van der Waals surface area contributed by atoms with Crippen LogP contribution in [-0.4, -0.2) is 209 Å². The fourth-order valence-electron chi connectivity index (χ4n) is 21.4. The zero-order valence-electron chi connectivity index (χ0n) is 71.1. The number of amides is 3. The summed E-state index contributed by atoms with van der Waals surface area (Å²) >= 11 is 5.27. The number of nitrogens with zero attached hydrogens (tertiary/aromatic N) is 8. The van der Waals surface area contributed by atoms with Crippen molar-refractivity contribution < 1.29 is 19.4 Å². The fourth-order valence-corrected chi connectivity index (χ4v) is 25.0. The highest BCUT2D eigenvalue weighted by atomic mass is 32.1. The van der Waals surface area contributed by atoms with E-state index in [9.17, 15) is 29.0 Å². The van der Waals surface area contributed by atoms with Gasteiger partial charge in [-0.05, 0) is 238 Å². The molecule has 9 aliphatic rings. The largest absolute Gasteiger partial charge is 0.437 e. The smallest absolute Gasteiger partial charge is 0.376 e. The zero-order chi connectivity index (χ0) is 81.8. The van der Waals surface area contributed by atoms with Crippen LogP contribution in [0.1, 0.15) is 189 Å². The number of carbonyl (C=O) groups excluding carboxylic acids is 3. The lowest BCUT2D eigenvalue weighted by Crippen LogP contribution is -2.51. The topological polar surface area (TPSA) is 222 Å². The summed E-state index contributed by atoms with van der Waals surface area (Å²) in [6.07, 6.45) is 14.0. The van der Waals surface area contributed by atoms with Gasteiger partial charge in [0, 0.05) is 200 Å². The highest BCUT2D eigenvalue weighted by Crippen LogP contribution is 2.50. The molecule has 10 aromatic rings. The van der Waals surface area contributed by atoms with Gasteiger partial charge in [0.1, 0.15) is 14.5 Å². The fraction of sp³-hybridized carbons (Fsp3) is 0.538. The van der Waals surface area contributed by atoms with Crippen LogP contribution >= 0.6 is 34.0 Å². The quantitative estimate of drug-likeness (QED) is 0.0399. The summed E-state index contributed by atoms with van der Waals surface area (Å²) in [5, 5.41) is 17.3. The highest BCUT2D eigenvalue weighted by Gasteiger charge is 2.51. The summed E-state index contributed by atoms with van der Waals surface area (Å²) < 4.78 is 0. The van der Waals surface area contributed by atoms with Crippen LogP contribution in [0.3, 0.4) is 0 Å². The number of rotatable bonds is 18. The van der Waals surface area contributed by atoms with Gasteiger partial charge in [0.05, 0.1) is 33.3 Å². The summed E-state index contributed by atoms with van der Waals surface area (Å²) in [6.45, 7) is 42.0. The van der Waals surface area contributed by atoms with Gasteiger partial charge in [0.2, 0.25) is 17.7 Å². The van der Waals surface area contributed by atoms with Crippen molar-refractivity contribution in [1.82, 2.24) is 69.3 Å². The van der Waals surface area contributed by atoms with Crippen LogP contribution in [0.25, 0.3) is 64.4 Å². The van der Waals surface area contributed by atoms with E-state index in [-0.39, 0.29) is 11.5 Å². The van der Waals surface area contributed by atoms with Gasteiger partial charge in [-0.1, -0.05) is 51.6 Å². The van der Waals surface area contributed by atoms with Crippen LogP contribution in [0.15, 0.2) is 88.5 Å². The lowest BCUT2D eigenvalue weighted by Gasteiger charge is -2.35. The van der Waals surface area contributed by atoms with Gasteiger partial charge in [-0.15, -0.1) is 34.0 Å². The van der Waals surface area contributed by atoms with Gasteiger partial charge >= 0.3 is 12.7 Å². The third kappa shape index (κ3) is 16.2. The van der Waals surface area contributed by atoms with Crippen LogP contribution in [0.4, 0.5) is 0 Å². The first-order valence-corrected chi connectivity index (χ1v) is 46.0. The number of H-pyrrole nitrogens is 5. The molecule has 3 amide bonds. The molecule has 24 heteroatoms. The maximum Gasteiger partial charge on any atom is 0.376 e. The molecule has 0 unspecified atom stereocenters. The predicted molar refractivity (Wildman–Crippen MR) is 478 cm³/mol. The lowest BCUT2D eigenvalue weighted by atomic mass is 9.84. The molecule has 9 aliphatic heterocycles. The molecule has 7 aromatic heterocycles. The number of aryl methyl sites for hydroxylation is 6. The molecular formula is C93H121BN14O6S3. The van der Waals surface area contributed by atoms with Crippen LogP contribution in [0, 0.1) is 41.5 Å². The second-order valence-corrected chi connectivity index (χ2v) is 40.8. The van der Waals surface area contributed by atoms with Gasteiger partial charge in [-0.3, -0.25) is 43.8 Å². The number of aromatic nitrogens is 5. The average molecular weight is 1640 g/mol. The van der Waals surface area contributed by atoms with E-state index in [1.807, 2.05) is 6.82 Å². The van der Waals surface area contributed by atoms with Crippen molar-refractivity contribution in [1.29, 1.82) is 0 Å². The SMILES string of the molecule is CB(O)N1CCN(Cc2c(-c3cc(C)cc(C)c3)[nH]c3sc(C(C)(C)C(=O)N4C5CCC4CC5)cc23)CC1.Cc1cc(C)cc(-c2[nH]c3sc(C(C)(C)C(=O)N4C5CCC4CC5)cc3c2CN2CCN(Cc3cc(=O)[nH]c(=O)[nH]3)CC2)c1.Cc1cc(C)cc(-c2[nH]c3sc(C(C)(C)C(=O)N4C5CCC4CC5)cc3c2CN2CCNCC2)c1. The normalized spacial score (nSPS) is 22.2. The van der Waals surface area contributed by atoms with Gasteiger partial charge in [-0.2, -0.15) is 0 Å². The van der Waals surface area contributed by atoms with Crippen LogP contribution in [0.5, 0.6) is 0 Å². The van der Waals surface area contributed by atoms with Crippen molar-refractivity contribution in [2.24, 2.45) is 0 Å². The van der Waals surface area contributed by atoms with Gasteiger partial charge in [-0.25, -0.2) is 4.79 Å². The minimum atomic E-state index is -0.571. The molecule has 7 N–H and O–H groups in total. The number of aromatic amines is 5. The molecule has 6 bridgehead atoms. The van der Waals surface area contributed by atoms with E-state index in [1.165, 1.54) is 161 Å². The Labute approximate surface area is 701 Å². The molecule has 3 aromatic carbocycles. The molecule has 9 fully saturated rings. The van der Waals surface area contributed by atoms with E-state index in [1.54, 1.807) is 34.0 Å². The number of benzene rings is 3. The molecule has 0 aliphatic carbocycles. The Balaban J connectivity index is 0.000000127. The second-order valence-electron chi connectivity index (χ2n) is 37.7. The minimum absolute atomic E-state index is 0.278. The monoisotopic (exact) mass is 1640 g/mol. The standard InChI is InChI=1S/C34H42N6O3S.C30H41BN4O2S.C29H38N4OS/c1-20-13-21(2)15-22(14-20)30-27(19-39-11-9-38(10-12-39)18-23-16-29(41)36-33(43)35-23)26-17-28(44-31(26)37-30)34(3,4)32(42)40-24-5-6-25(40)8-7-24;1-19-14-20(2)16-21(15-19)27-25(18-33-10-12-34(13-11-33)31(5)37)24-17-26(38-28(24)32-27)30(3,4)29(36)35-22-6-7-23(35)9-8-22;1-18-13-19(2)15-20(14-18)26-24(17-32-11-9-30-10-12-32)23-16-25(35-27(23)31-26)29(3,4)28(34)33-21-5-6-22(33)8-7-21/h13-17,24-25,37H,5-12,18-19H2,1-4H3,(H2,35,36,41,43);14-17,22-23,32,37H,6-13,18H2,1-5H3;13-16,21-22,30-31H,5-12,17H2,1-4H3. The van der Waals surface area contributed by atoms with Crippen molar-refractivity contribution in [2.45, 2.75) is 246 Å². The molecule has 9 saturated heterocycles. The lowest BCUT2D eigenvalue weighted by molar-refractivity contribution is -0.138. The number of piperazine rings is 3. The second kappa shape index (κ2) is 32.7. The van der Waals surface area contributed by atoms with Crippen LogP contribution in [-0.2, 0) is 56.8 Å². The first-order valence-electron chi connectivity index (χ1n) is 43.5. The van der Waals surface area contributed by atoms with Crippen molar-refractivity contribution >= 4 is 89.4 Å². The van der Waals surface area contributed by atoms with Crippen molar-refractivity contribution in [3.8, 4) is 33.8 Å². The Morgan fingerprint density at radius 3 is 0.957 bits per heavy atom. The van der Waals surface area contributed by atoms with E-state index in [4.69, 9.17) is 0 Å². The molecule has 19 rings (SSSR count). The third-order valence-corrected chi connectivity index (χ3v) is 31.9. The average Bonchev–Trinajstić information content (AvgIpc) is 1.59. The van der Waals surface area contributed by atoms with Gasteiger partial charge < -0.3 is 49.8 Å². The van der Waals surface area contributed by atoms with Crippen molar-refractivity contribution in [3.63, 3.8) is 0 Å². The Morgan fingerprint density at radius 2 is 0.667 bits per heavy atom. The number of carbonyl (C=O) groups is 3. The van der Waals surface area contributed by atoms with Crippen LogP contribution < -0.4 is 16.6 Å². The summed E-state index contributed by atoms with van der Waals surface area (Å²) in [7, 11) is -0.396. The maximum absolute atomic E-state index is 14.0. The Morgan fingerprint density at radius 1 is 0.385 bits per heavy atom. The molecular weight excluding hydrogens is 1520 g/mol. The number of hydrogen-bond donors (Lipinski definition) is 7. The number of thiophene rings is 3. The van der Waals surface area contributed by atoms with E-state index < -0.39 is 29.0 Å². The number of hydrogen-bond acceptors (Lipinski definition) is 15. The van der Waals surface area contributed by atoms with E-state index >= 15 is 0 Å². The molecule has 0 spiro atoms. The molecule has 20 nitrogen and oxygen atoms in total. The minimum Gasteiger partial charge on any atom is -0.437 e. The summed E-state index contributed by atoms with van der Waals surface area (Å²) in [4.78, 5) is 107. The maximum atomic E-state index is 14.0. The predicted octanol–water partition coefficient (Wildman–Crippen LogP) is 15.2. The summed E-state index contributed by atoms with van der Waals surface area (Å²) in [5.74, 6) is 0.904. The zero-order valence-corrected chi connectivity index (χ0v) is 73.6. The number of nitrogens with one attached hydrogen (secondary N) is 6.